The van der Waals surface area contributed by atoms with Crippen LogP contribution < -0.4 is 10.1 Å². The van der Waals surface area contributed by atoms with Crippen molar-refractivity contribution in [1.82, 2.24) is 5.32 Å². The van der Waals surface area contributed by atoms with Crippen molar-refractivity contribution in [2.24, 2.45) is 0 Å². The minimum atomic E-state index is 0.227. The lowest BCUT2D eigenvalue weighted by atomic mass is 10.1. The monoisotopic (exact) mass is 331 g/mol. The summed E-state index contributed by atoms with van der Waals surface area (Å²) in [6.45, 7) is 3.05. The Kier molecular flexibility index (Phi) is 4.08. The second kappa shape index (κ2) is 5.98. The quantitative estimate of drug-likeness (QED) is 0.910. The van der Waals surface area contributed by atoms with E-state index in [0.717, 1.165) is 23.2 Å². The molecule has 0 aromatic heterocycles. The molecule has 2 aromatic rings. The maximum atomic E-state index is 5.96. The molecule has 0 saturated heterocycles. The SMILES string of the molecule is C[C@H](NCC1Cc2cc(Br)ccc2O1)c1ccccc1. The van der Waals surface area contributed by atoms with Crippen LogP contribution in [-0.2, 0) is 6.42 Å². The minimum absolute atomic E-state index is 0.227. The Labute approximate surface area is 128 Å². The molecule has 0 bridgehead atoms. The van der Waals surface area contributed by atoms with E-state index in [1.165, 1.54) is 11.1 Å². The molecule has 1 aliphatic rings. The lowest BCUT2D eigenvalue weighted by Gasteiger charge is -2.17. The molecule has 1 heterocycles. The molecule has 0 spiro atoms. The predicted octanol–water partition coefficient (Wildman–Crippen LogP) is 4.10. The summed E-state index contributed by atoms with van der Waals surface area (Å²) in [6.07, 6.45) is 1.20. The van der Waals surface area contributed by atoms with Gasteiger partial charge >= 0.3 is 0 Å². The van der Waals surface area contributed by atoms with Crippen molar-refractivity contribution in [3.63, 3.8) is 0 Å². The van der Waals surface area contributed by atoms with Gasteiger partial charge in [-0.2, -0.15) is 0 Å². The molecule has 0 fully saturated rings. The summed E-state index contributed by atoms with van der Waals surface area (Å²) in [5.41, 5.74) is 2.60. The number of benzene rings is 2. The molecule has 1 N–H and O–H groups in total. The second-order valence-electron chi connectivity index (χ2n) is 5.24. The Bertz CT molecular complexity index is 585. The summed E-state index contributed by atoms with van der Waals surface area (Å²) in [7, 11) is 0. The van der Waals surface area contributed by atoms with Crippen LogP contribution in [0.25, 0.3) is 0 Å². The molecular formula is C17H18BrNO. The van der Waals surface area contributed by atoms with E-state index >= 15 is 0 Å². The zero-order valence-electron chi connectivity index (χ0n) is 11.5. The Balaban J connectivity index is 1.56. The number of halogens is 1. The average molecular weight is 332 g/mol. The van der Waals surface area contributed by atoms with Crippen LogP contribution in [0, 0.1) is 0 Å². The van der Waals surface area contributed by atoms with Crippen molar-refractivity contribution in [2.75, 3.05) is 6.54 Å². The third-order valence-electron chi connectivity index (χ3n) is 3.72. The van der Waals surface area contributed by atoms with Gasteiger partial charge in [-0.3, -0.25) is 0 Å². The Morgan fingerprint density at radius 1 is 1.25 bits per heavy atom. The average Bonchev–Trinajstić information content (AvgIpc) is 2.87. The topological polar surface area (TPSA) is 21.3 Å². The second-order valence-corrected chi connectivity index (χ2v) is 6.15. The van der Waals surface area contributed by atoms with Crippen LogP contribution in [0.2, 0.25) is 0 Å². The van der Waals surface area contributed by atoms with Gasteiger partial charge in [0.05, 0.1) is 0 Å². The lowest BCUT2D eigenvalue weighted by Crippen LogP contribution is -2.31. The van der Waals surface area contributed by atoms with Crippen molar-refractivity contribution in [2.45, 2.75) is 25.5 Å². The van der Waals surface area contributed by atoms with E-state index in [9.17, 15) is 0 Å². The molecule has 2 nitrogen and oxygen atoms in total. The summed E-state index contributed by atoms with van der Waals surface area (Å²) in [4.78, 5) is 0. The molecular weight excluding hydrogens is 314 g/mol. The maximum Gasteiger partial charge on any atom is 0.123 e. The Hall–Kier alpha value is -1.32. The summed E-state index contributed by atoms with van der Waals surface area (Å²) in [5, 5.41) is 3.55. The lowest BCUT2D eigenvalue weighted by molar-refractivity contribution is 0.222. The summed E-state index contributed by atoms with van der Waals surface area (Å²) in [6, 6.07) is 17.1. The number of fused-ring (bicyclic) bond motifs is 1. The molecule has 2 atom stereocenters. The van der Waals surface area contributed by atoms with Gasteiger partial charge in [-0.05, 0) is 36.2 Å². The highest BCUT2D eigenvalue weighted by Crippen LogP contribution is 2.31. The predicted molar refractivity (Wildman–Crippen MR) is 85.1 cm³/mol. The molecule has 3 heteroatoms. The standard InChI is InChI=1S/C17H18BrNO/c1-12(13-5-3-2-4-6-13)19-11-16-10-14-9-15(18)7-8-17(14)20-16/h2-9,12,16,19H,10-11H2,1H3/t12-,16?/m0/s1. The van der Waals surface area contributed by atoms with E-state index in [0.29, 0.717) is 6.04 Å². The van der Waals surface area contributed by atoms with Crippen molar-refractivity contribution in [3.05, 3.63) is 64.1 Å². The van der Waals surface area contributed by atoms with Gasteiger partial charge in [0.2, 0.25) is 0 Å². The van der Waals surface area contributed by atoms with Gasteiger partial charge in [-0.25, -0.2) is 0 Å². The van der Waals surface area contributed by atoms with Crippen LogP contribution in [-0.4, -0.2) is 12.6 Å². The first-order chi connectivity index (χ1) is 9.72. The first-order valence-corrected chi connectivity index (χ1v) is 7.75. The molecule has 0 amide bonds. The van der Waals surface area contributed by atoms with Gasteiger partial charge in [0.25, 0.3) is 0 Å². The number of rotatable bonds is 4. The number of hydrogen-bond donors (Lipinski definition) is 1. The zero-order valence-corrected chi connectivity index (χ0v) is 13.1. The number of ether oxygens (including phenoxy) is 1. The smallest absolute Gasteiger partial charge is 0.123 e. The van der Waals surface area contributed by atoms with E-state index in [2.05, 4.69) is 58.5 Å². The normalized spacial score (nSPS) is 18.4. The van der Waals surface area contributed by atoms with Gasteiger partial charge in [0, 0.05) is 23.5 Å². The van der Waals surface area contributed by atoms with E-state index in [-0.39, 0.29) is 6.10 Å². The van der Waals surface area contributed by atoms with Gasteiger partial charge in [0.15, 0.2) is 0 Å². The highest BCUT2D eigenvalue weighted by Gasteiger charge is 2.23. The van der Waals surface area contributed by atoms with Crippen molar-refractivity contribution >= 4 is 15.9 Å². The molecule has 1 unspecified atom stereocenters. The van der Waals surface area contributed by atoms with E-state index in [4.69, 9.17) is 4.74 Å². The van der Waals surface area contributed by atoms with E-state index < -0.39 is 0 Å². The summed E-state index contributed by atoms with van der Waals surface area (Å²) >= 11 is 3.51. The Morgan fingerprint density at radius 2 is 2.05 bits per heavy atom. The molecule has 2 aromatic carbocycles. The number of hydrogen-bond acceptors (Lipinski definition) is 2. The van der Waals surface area contributed by atoms with Gasteiger partial charge < -0.3 is 10.1 Å². The van der Waals surface area contributed by atoms with Crippen LogP contribution in [0.5, 0.6) is 5.75 Å². The fourth-order valence-electron chi connectivity index (χ4n) is 2.57. The first-order valence-electron chi connectivity index (χ1n) is 6.96. The van der Waals surface area contributed by atoms with Gasteiger partial charge in [-0.15, -0.1) is 0 Å². The van der Waals surface area contributed by atoms with Crippen LogP contribution >= 0.6 is 15.9 Å². The maximum absolute atomic E-state index is 5.96. The summed E-state index contributed by atoms with van der Waals surface area (Å²) in [5.74, 6) is 1.02. The third-order valence-corrected chi connectivity index (χ3v) is 4.21. The van der Waals surface area contributed by atoms with Crippen LogP contribution in [0.15, 0.2) is 53.0 Å². The van der Waals surface area contributed by atoms with E-state index in [1.54, 1.807) is 0 Å². The molecule has 0 radical (unpaired) electrons. The fourth-order valence-corrected chi connectivity index (χ4v) is 2.98. The highest BCUT2D eigenvalue weighted by molar-refractivity contribution is 9.10. The molecule has 1 aliphatic heterocycles. The highest BCUT2D eigenvalue weighted by atomic mass is 79.9. The summed E-state index contributed by atoms with van der Waals surface area (Å²) < 4.78 is 7.08. The van der Waals surface area contributed by atoms with Crippen molar-refractivity contribution < 1.29 is 4.74 Å². The molecule has 0 saturated carbocycles. The largest absolute Gasteiger partial charge is 0.488 e. The fraction of sp³-hybridized carbons (Fsp3) is 0.294. The van der Waals surface area contributed by atoms with Crippen LogP contribution in [0.1, 0.15) is 24.1 Å². The number of nitrogens with one attached hydrogen (secondary N) is 1. The Morgan fingerprint density at radius 3 is 2.85 bits per heavy atom. The zero-order chi connectivity index (χ0) is 13.9. The van der Waals surface area contributed by atoms with E-state index in [1.807, 2.05) is 18.2 Å². The van der Waals surface area contributed by atoms with Crippen molar-refractivity contribution in [3.8, 4) is 5.75 Å². The first kappa shape index (κ1) is 13.7. The van der Waals surface area contributed by atoms with Gasteiger partial charge in [0.1, 0.15) is 11.9 Å². The van der Waals surface area contributed by atoms with Crippen LogP contribution in [0.4, 0.5) is 0 Å². The van der Waals surface area contributed by atoms with Crippen molar-refractivity contribution in [1.29, 1.82) is 0 Å². The molecule has 0 aliphatic carbocycles. The molecule has 104 valence electrons. The van der Waals surface area contributed by atoms with Crippen LogP contribution in [0.3, 0.4) is 0 Å². The minimum Gasteiger partial charge on any atom is -0.488 e. The molecule has 20 heavy (non-hydrogen) atoms. The third kappa shape index (κ3) is 3.05. The molecule has 3 rings (SSSR count). The van der Waals surface area contributed by atoms with Gasteiger partial charge in [-0.1, -0.05) is 46.3 Å².